The lowest BCUT2D eigenvalue weighted by Gasteiger charge is -2.21. The third-order valence-electron chi connectivity index (χ3n) is 5.79. The standard InChI is InChI=1S/C26H43NO4/c1-2-3-4-5-6-7-8-9-10-11-12-13-17-20-24(28)27-23(25(29)26(30)31)21-22-18-15-14-16-19-22/h14-16,18-19,23,25,29H,2-13,17,20-21H2,1H3,(H,27,28)(H,30,31)/t23-,25-/m0/s1. The van der Waals surface area contributed by atoms with Crippen LogP contribution in [-0.4, -0.2) is 34.2 Å². The van der Waals surface area contributed by atoms with Gasteiger partial charge in [-0.3, -0.25) is 4.79 Å². The minimum Gasteiger partial charge on any atom is -0.479 e. The second-order valence-corrected chi connectivity index (χ2v) is 8.64. The summed E-state index contributed by atoms with van der Waals surface area (Å²) in [5.41, 5.74) is 0.883. The number of aliphatic hydroxyl groups is 1. The molecule has 3 N–H and O–H groups in total. The highest BCUT2D eigenvalue weighted by Gasteiger charge is 2.27. The van der Waals surface area contributed by atoms with Crippen molar-refractivity contribution in [3.8, 4) is 0 Å². The van der Waals surface area contributed by atoms with Crippen molar-refractivity contribution in [1.82, 2.24) is 5.32 Å². The number of carboxylic acid groups (broad SMARTS) is 1. The van der Waals surface area contributed by atoms with Crippen LogP contribution in [0.25, 0.3) is 0 Å². The van der Waals surface area contributed by atoms with Gasteiger partial charge in [0.05, 0.1) is 6.04 Å². The Morgan fingerprint density at radius 1 is 0.806 bits per heavy atom. The molecule has 0 aliphatic carbocycles. The highest BCUT2D eigenvalue weighted by molar-refractivity contribution is 5.78. The lowest BCUT2D eigenvalue weighted by Crippen LogP contribution is -2.48. The van der Waals surface area contributed by atoms with Gasteiger partial charge in [-0.2, -0.15) is 0 Å². The minimum absolute atomic E-state index is 0.190. The number of nitrogens with one attached hydrogen (secondary N) is 1. The number of amides is 1. The molecule has 0 aliphatic heterocycles. The number of benzene rings is 1. The monoisotopic (exact) mass is 433 g/mol. The molecular weight excluding hydrogens is 390 g/mol. The van der Waals surface area contributed by atoms with Crippen molar-refractivity contribution in [2.75, 3.05) is 0 Å². The molecule has 31 heavy (non-hydrogen) atoms. The number of aliphatic hydroxyl groups excluding tert-OH is 1. The molecule has 0 aliphatic rings. The van der Waals surface area contributed by atoms with Gasteiger partial charge in [-0.05, 0) is 18.4 Å². The van der Waals surface area contributed by atoms with Gasteiger partial charge in [-0.25, -0.2) is 4.79 Å². The van der Waals surface area contributed by atoms with E-state index in [0.717, 1.165) is 24.8 Å². The maximum absolute atomic E-state index is 12.3. The van der Waals surface area contributed by atoms with Crippen molar-refractivity contribution in [2.45, 2.75) is 115 Å². The maximum Gasteiger partial charge on any atom is 0.334 e. The molecule has 1 aromatic carbocycles. The molecule has 2 atom stereocenters. The Morgan fingerprint density at radius 2 is 1.29 bits per heavy atom. The molecule has 0 radical (unpaired) electrons. The molecule has 0 bridgehead atoms. The summed E-state index contributed by atoms with van der Waals surface area (Å²) in [6.07, 6.45) is 15.3. The van der Waals surface area contributed by atoms with Crippen LogP contribution in [0, 0.1) is 0 Å². The molecule has 176 valence electrons. The number of carbonyl (C=O) groups excluding carboxylic acids is 1. The lowest BCUT2D eigenvalue weighted by molar-refractivity contribution is -0.148. The highest BCUT2D eigenvalue weighted by atomic mass is 16.4. The second kappa shape index (κ2) is 17.8. The van der Waals surface area contributed by atoms with E-state index in [4.69, 9.17) is 5.11 Å². The van der Waals surface area contributed by atoms with Crippen LogP contribution >= 0.6 is 0 Å². The molecule has 0 unspecified atom stereocenters. The minimum atomic E-state index is -1.61. The Morgan fingerprint density at radius 3 is 1.77 bits per heavy atom. The first-order valence-electron chi connectivity index (χ1n) is 12.3. The zero-order valence-corrected chi connectivity index (χ0v) is 19.4. The van der Waals surface area contributed by atoms with Crippen LogP contribution in [0.1, 0.15) is 102 Å². The summed E-state index contributed by atoms with van der Waals surface area (Å²) in [6, 6.07) is 8.48. The Kier molecular flexibility index (Phi) is 15.6. The molecule has 0 heterocycles. The average molecular weight is 434 g/mol. The molecule has 1 aromatic rings. The number of rotatable bonds is 19. The Balaban J connectivity index is 2.12. The summed E-state index contributed by atoms with van der Waals surface area (Å²) in [4.78, 5) is 23.5. The summed E-state index contributed by atoms with van der Waals surface area (Å²) in [6.45, 7) is 2.25. The number of carbonyl (C=O) groups is 2. The fraction of sp³-hybridized carbons (Fsp3) is 0.692. The van der Waals surface area contributed by atoms with Crippen LogP contribution < -0.4 is 5.32 Å². The molecule has 0 fully saturated rings. The van der Waals surface area contributed by atoms with Crippen LogP contribution in [0.4, 0.5) is 0 Å². The van der Waals surface area contributed by atoms with E-state index in [1.807, 2.05) is 30.3 Å². The average Bonchev–Trinajstić information content (AvgIpc) is 2.76. The van der Waals surface area contributed by atoms with Gasteiger partial charge >= 0.3 is 5.97 Å². The number of hydrogen-bond acceptors (Lipinski definition) is 3. The Labute approximate surface area is 188 Å². The first kappa shape index (κ1) is 27.2. The summed E-state index contributed by atoms with van der Waals surface area (Å²) < 4.78 is 0. The van der Waals surface area contributed by atoms with Crippen molar-refractivity contribution in [2.24, 2.45) is 0 Å². The number of carboxylic acids is 1. The van der Waals surface area contributed by atoms with Gasteiger partial charge in [-0.1, -0.05) is 114 Å². The summed E-state index contributed by atoms with van der Waals surface area (Å²) in [5, 5.41) is 21.8. The van der Waals surface area contributed by atoms with E-state index in [-0.39, 0.29) is 5.91 Å². The quantitative estimate of drug-likeness (QED) is 0.246. The van der Waals surface area contributed by atoms with E-state index < -0.39 is 18.1 Å². The zero-order chi connectivity index (χ0) is 22.7. The van der Waals surface area contributed by atoms with Crippen molar-refractivity contribution in [3.63, 3.8) is 0 Å². The third kappa shape index (κ3) is 13.9. The molecule has 5 nitrogen and oxygen atoms in total. The fourth-order valence-electron chi connectivity index (χ4n) is 3.86. The predicted molar refractivity (Wildman–Crippen MR) is 126 cm³/mol. The van der Waals surface area contributed by atoms with Gasteiger partial charge in [0.15, 0.2) is 6.10 Å². The van der Waals surface area contributed by atoms with Crippen LogP contribution in [0.5, 0.6) is 0 Å². The lowest BCUT2D eigenvalue weighted by atomic mass is 10.0. The second-order valence-electron chi connectivity index (χ2n) is 8.64. The molecule has 0 saturated carbocycles. The molecule has 0 saturated heterocycles. The highest BCUT2D eigenvalue weighted by Crippen LogP contribution is 2.13. The van der Waals surface area contributed by atoms with Crippen LogP contribution in [0.15, 0.2) is 30.3 Å². The molecule has 5 heteroatoms. The van der Waals surface area contributed by atoms with E-state index in [1.54, 1.807) is 0 Å². The first-order valence-corrected chi connectivity index (χ1v) is 12.3. The van der Waals surface area contributed by atoms with E-state index in [9.17, 15) is 14.7 Å². The summed E-state index contributed by atoms with van der Waals surface area (Å²) in [7, 11) is 0. The van der Waals surface area contributed by atoms with E-state index in [1.165, 1.54) is 64.2 Å². The molecule has 0 spiro atoms. The Bertz CT molecular complexity index is 590. The zero-order valence-electron chi connectivity index (χ0n) is 19.4. The molecular formula is C26H43NO4. The van der Waals surface area contributed by atoms with Gasteiger partial charge in [0.1, 0.15) is 0 Å². The van der Waals surface area contributed by atoms with Gasteiger partial charge in [0, 0.05) is 6.42 Å². The van der Waals surface area contributed by atoms with E-state index in [0.29, 0.717) is 12.8 Å². The summed E-state index contributed by atoms with van der Waals surface area (Å²) in [5.74, 6) is -1.51. The van der Waals surface area contributed by atoms with E-state index in [2.05, 4.69) is 12.2 Å². The fourth-order valence-corrected chi connectivity index (χ4v) is 3.86. The largest absolute Gasteiger partial charge is 0.479 e. The van der Waals surface area contributed by atoms with Gasteiger partial charge < -0.3 is 15.5 Å². The first-order chi connectivity index (χ1) is 15.0. The third-order valence-corrected chi connectivity index (χ3v) is 5.79. The van der Waals surface area contributed by atoms with Crippen molar-refractivity contribution < 1.29 is 19.8 Å². The van der Waals surface area contributed by atoms with Crippen LogP contribution in [0.3, 0.4) is 0 Å². The summed E-state index contributed by atoms with van der Waals surface area (Å²) >= 11 is 0. The van der Waals surface area contributed by atoms with Crippen molar-refractivity contribution in [3.05, 3.63) is 35.9 Å². The van der Waals surface area contributed by atoms with Crippen molar-refractivity contribution in [1.29, 1.82) is 0 Å². The SMILES string of the molecule is CCCCCCCCCCCCCCCC(=O)N[C@@H](Cc1ccccc1)[C@H](O)C(=O)O. The molecule has 1 amide bonds. The predicted octanol–water partition coefficient (Wildman–Crippen LogP) is 5.64. The van der Waals surface area contributed by atoms with Crippen LogP contribution in [0.2, 0.25) is 0 Å². The number of hydrogen-bond donors (Lipinski definition) is 3. The van der Waals surface area contributed by atoms with Crippen molar-refractivity contribution >= 4 is 11.9 Å². The number of aliphatic carboxylic acids is 1. The Hall–Kier alpha value is -1.88. The molecule has 0 aromatic heterocycles. The normalized spacial score (nSPS) is 13.0. The van der Waals surface area contributed by atoms with Gasteiger partial charge in [0.25, 0.3) is 0 Å². The topological polar surface area (TPSA) is 86.6 Å². The van der Waals surface area contributed by atoms with Gasteiger partial charge in [-0.15, -0.1) is 0 Å². The maximum atomic E-state index is 12.3. The smallest absolute Gasteiger partial charge is 0.334 e. The van der Waals surface area contributed by atoms with Gasteiger partial charge in [0.2, 0.25) is 5.91 Å². The van der Waals surface area contributed by atoms with E-state index >= 15 is 0 Å². The van der Waals surface area contributed by atoms with Crippen LogP contribution in [-0.2, 0) is 16.0 Å². The number of unbranched alkanes of at least 4 members (excludes halogenated alkanes) is 12. The molecule has 1 rings (SSSR count).